The molecule has 22 heavy (non-hydrogen) atoms. The van der Waals surface area contributed by atoms with Crippen molar-refractivity contribution in [1.29, 1.82) is 0 Å². The first-order valence-corrected chi connectivity index (χ1v) is 6.98. The number of hydrogen-bond acceptors (Lipinski definition) is 5. The molecule has 0 aliphatic heterocycles. The number of carbonyl (C=O) groups is 2. The molecule has 6 nitrogen and oxygen atoms in total. The lowest BCUT2D eigenvalue weighted by Gasteiger charge is -2.20. The molecule has 1 atom stereocenters. The Kier molecular flexibility index (Phi) is 5.93. The molecule has 0 fully saturated rings. The van der Waals surface area contributed by atoms with Gasteiger partial charge in [-0.15, -0.1) is 0 Å². The van der Waals surface area contributed by atoms with E-state index in [1.165, 1.54) is 7.11 Å². The number of aliphatic hydroxyl groups is 1. The number of aryl methyl sites for hydroxylation is 1. The van der Waals surface area contributed by atoms with Crippen LogP contribution in [0.5, 0.6) is 0 Å². The fourth-order valence-electron chi connectivity index (χ4n) is 1.81. The van der Waals surface area contributed by atoms with E-state index >= 15 is 0 Å². The van der Waals surface area contributed by atoms with E-state index in [9.17, 15) is 14.7 Å². The van der Waals surface area contributed by atoms with E-state index in [0.717, 1.165) is 5.56 Å². The summed E-state index contributed by atoms with van der Waals surface area (Å²) in [7, 11) is 1.27. The van der Waals surface area contributed by atoms with E-state index < -0.39 is 23.8 Å². The molecule has 6 heteroatoms. The number of amides is 1. The van der Waals surface area contributed by atoms with E-state index in [4.69, 9.17) is 4.74 Å². The van der Waals surface area contributed by atoms with E-state index in [2.05, 4.69) is 10.1 Å². The topological polar surface area (TPSA) is 84.9 Å². The minimum Gasteiger partial charge on any atom is -0.469 e. The number of anilines is 1. The highest BCUT2D eigenvalue weighted by Crippen LogP contribution is 2.23. The summed E-state index contributed by atoms with van der Waals surface area (Å²) >= 11 is 0. The predicted octanol–water partition coefficient (Wildman–Crippen LogP) is 2.94. The van der Waals surface area contributed by atoms with Crippen LogP contribution in [0.2, 0.25) is 0 Å². The van der Waals surface area contributed by atoms with E-state index in [-0.39, 0.29) is 6.42 Å². The Morgan fingerprint density at radius 1 is 1.32 bits per heavy atom. The Balaban J connectivity index is 2.77. The van der Waals surface area contributed by atoms with Gasteiger partial charge in [0.2, 0.25) is 0 Å². The van der Waals surface area contributed by atoms with Crippen LogP contribution in [-0.4, -0.2) is 29.9 Å². The number of carbonyl (C=O) groups excluding carboxylic acids is 2. The van der Waals surface area contributed by atoms with Gasteiger partial charge in [-0.3, -0.25) is 10.1 Å². The van der Waals surface area contributed by atoms with Crippen molar-refractivity contribution in [3.63, 3.8) is 0 Å². The van der Waals surface area contributed by atoms with Gasteiger partial charge in [-0.05, 0) is 44.9 Å². The Bertz CT molecular complexity index is 548. The van der Waals surface area contributed by atoms with Crippen molar-refractivity contribution in [2.45, 2.75) is 45.8 Å². The molecule has 0 radical (unpaired) electrons. The van der Waals surface area contributed by atoms with E-state index in [0.29, 0.717) is 11.3 Å². The normalized spacial score (nSPS) is 12.5. The molecule has 2 N–H and O–H groups in total. The molecular formula is C16H23NO5. The summed E-state index contributed by atoms with van der Waals surface area (Å²) in [5, 5.41) is 12.6. The maximum absolute atomic E-state index is 11.7. The maximum atomic E-state index is 11.7. The fraction of sp³-hybridized carbons (Fsp3) is 0.500. The largest absolute Gasteiger partial charge is 0.469 e. The monoisotopic (exact) mass is 309 g/mol. The van der Waals surface area contributed by atoms with Crippen molar-refractivity contribution >= 4 is 17.7 Å². The van der Waals surface area contributed by atoms with E-state index in [1.807, 2.05) is 0 Å². The number of ether oxygens (including phenoxy) is 2. The van der Waals surface area contributed by atoms with Gasteiger partial charge < -0.3 is 14.6 Å². The number of methoxy groups -OCH3 is 1. The van der Waals surface area contributed by atoms with Gasteiger partial charge in [-0.2, -0.15) is 0 Å². The van der Waals surface area contributed by atoms with Crippen LogP contribution < -0.4 is 5.32 Å². The number of benzene rings is 1. The van der Waals surface area contributed by atoms with E-state index in [1.54, 1.807) is 45.9 Å². The second kappa shape index (κ2) is 7.26. The van der Waals surface area contributed by atoms with Crippen LogP contribution in [0.15, 0.2) is 18.2 Å². The molecule has 1 aromatic rings. The Labute approximate surface area is 130 Å². The first-order valence-electron chi connectivity index (χ1n) is 6.98. The molecule has 0 heterocycles. The van der Waals surface area contributed by atoms with Crippen LogP contribution >= 0.6 is 0 Å². The first kappa shape index (κ1) is 18.0. The Hall–Kier alpha value is -2.08. The Morgan fingerprint density at radius 3 is 2.45 bits per heavy atom. The molecule has 0 spiro atoms. The highest BCUT2D eigenvalue weighted by molar-refractivity contribution is 5.86. The van der Waals surface area contributed by atoms with Gasteiger partial charge in [0.15, 0.2) is 0 Å². The average molecular weight is 309 g/mol. The molecule has 0 saturated carbocycles. The lowest BCUT2D eigenvalue weighted by Crippen LogP contribution is -2.27. The lowest BCUT2D eigenvalue weighted by atomic mass is 10.0. The van der Waals surface area contributed by atoms with Crippen LogP contribution in [0.4, 0.5) is 10.5 Å². The third kappa shape index (κ3) is 5.73. The smallest absolute Gasteiger partial charge is 0.412 e. The summed E-state index contributed by atoms with van der Waals surface area (Å²) in [4.78, 5) is 22.9. The minimum atomic E-state index is -0.943. The molecule has 122 valence electrons. The second-order valence-corrected chi connectivity index (χ2v) is 6.00. The quantitative estimate of drug-likeness (QED) is 0.835. The Morgan fingerprint density at radius 2 is 1.95 bits per heavy atom. The lowest BCUT2D eigenvalue weighted by molar-refractivity contribution is -0.142. The SMILES string of the molecule is COC(=O)C[C@@H](O)c1ccc(NC(=O)OC(C)(C)C)c(C)c1. The van der Waals surface area contributed by atoms with Gasteiger partial charge in [0.1, 0.15) is 5.60 Å². The van der Waals surface area contributed by atoms with Crippen LogP contribution in [0.25, 0.3) is 0 Å². The number of nitrogens with one attached hydrogen (secondary N) is 1. The van der Waals surface area contributed by atoms with Crippen molar-refractivity contribution in [2.24, 2.45) is 0 Å². The van der Waals surface area contributed by atoms with Gasteiger partial charge in [0, 0.05) is 5.69 Å². The molecule has 0 unspecified atom stereocenters. The van der Waals surface area contributed by atoms with Crippen molar-refractivity contribution in [3.05, 3.63) is 29.3 Å². The third-order valence-corrected chi connectivity index (χ3v) is 2.86. The average Bonchev–Trinajstić information content (AvgIpc) is 2.38. The van der Waals surface area contributed by atoms with Crippen LogP contribution in [0, 0.1) is 6.92 Å². The molecule has 0 aliphatic carbocycles. The summed E-state index contributed by atoms with van der Waals surface area (Å²) in [5.74, 6) is -0.485. The molecule has 1 amide bonds. The molecule has 0 aliphatic rings. The molecule has 1 rings (SSSR count). The van der Waals surface area contributed by atoms with Crippen LogP contribution in [0.1, 0.15) is 44.4 Å². The number of rotatable bonds is 4. The number of esters is 1. The van der Waals surface area contributed by atoms with Crippen molar-refractivity contribution in [2.75, 3.05) is 12.4 Å². The fourth-order valence-corrected chi connectivity index (χ4v) is 1.81. The van der Waals surface area contributed by atoms with Crippen LogP contribution in [-0.2, 0) is 14.3 Å². The standard InChI is InChI=1S/C16H23NO5/c1-10-8-11(13(18)9-14(19)21-5)6-7-12(10)17-15(20)22-16(2,3)4/h6-8,13,18H,9H2,1-5H3,(H,17,20)/t13-/m1/s1. The number of aliphatic hydroxyl groups excluding tert-OH is 1. The highest BCUT2D eigenvalue weighted by atomic mass is 16.6. The highest BCUT2D eigenvalue weighted by Gasteiger charge is 2.18. The van der Waals surface area contributed by atoms with Crippen molar-refractivity contribution < 1.29 is 24.2 Å². The van der Waals surface area contributed by atoms with Gasteiger partial charge in [-0.25, -0.2) is 4.79 Å². The predicted molar refractivity (Wildman–Crippen MR) is 82.6 cm³/mol. The summed E-state index contributed by atoms with van der Waals surface area (Å²) in [6.07, 6.45) is -1.60. The molecule has 1 aromatic carbocycles. The minimum absolute atomic E-state index is 0.116. The van der Waals surface area contributed by atoms with Crippen LogP contribution in [0.3, 0.4) is 0 Å². The second-order valence-electron chi connectivity index (χ2n) is 6.00. The number of hydrogen-bond donors (Lipinski definition) is 2. The maximum Gasteiger partial charge on any atom is 0.412 e. The van der Waals surface area contributed by atoms with Crippen molar-refractivity contribution in [3.8, 4) is 0 Å². The molecule has 0 bridgehead atoms. The summed E-state index contributed by atoms with van der Waals surface area (Å²) < 4.78 is 9.70. The summed E-state index contributed by atoms with van der Waals surface area (Å²) in [5.41, 5.74) is 1.35. The molecule has 0 aromatic heterocycles. The zero-order valence-electron chi connectivity index (χ0n) is 13.6. The van der Waals surface area contributed by atoms with Gasteiger partial charge >= 0.3 is 12.1 Å². The third-order valence-electron chi connectivity index (χ3n) is 2.86. The first-order chi connectivity index (χ1) is 10.1. The van der Waals surface area contributed by atoms with Gasteiger partial charge in [0.05, 0.1) is 19.6 Å². The van der Waals surface area contributed by atoms with Gasteiger partial charge in [0.25, 0.3) is 0 Å². The zero-order valence-corrected chi connectivity index (χ0v) is 13.6. The molecular weight excluding hydrogens is 286 g/mol. The van der Waals surface area contributed by atoms with Crippen molar-refractivity contribution in [1.82, 2.24) is 0 Å². The molecule has 0 saturated heterocycles. The summed E-state index contributed by atoms with van der Waals surface area (Å²) in [6.45, 7) is 7.14. The van der Waals surface area contributed by atoms with Gasteiger partial charge in [-0.1, -0.05) is 12.1 Å². The zero-order chi connectivity index (χ0) is 16.9. The summed E-state index contributed by atoms with van der Waals surface area (Å²) in [6, 6.07) is 5.02.